The molecule has 1 atom stereocenters. The van der Waals surface area contributed by atoms with Crippen LogP contribution in [0.5, 0.6) is 23.0 Å². The lowest BCUT2D eigenvalue weighted by atomic mass is 10.00. The molecule has 0 spiro atoms. The molecule has 0 bridgehead atoms. The van der Waals surface area contributed by atoms with Gasteiger partial charge < -0.3 is 24.3 Å². The Balaban J connectivity index is 2.23. The third-order valence-corrected chi connectivity index (χ3v) is 4.63. The second kappa shape index (κ2) is 11.7. The second-order valence-electron chi connectivity index (χ2n) is 6.70. The van der Waals surface area contributed by atoms with E-state index in [1.807, 2.05) is 0 Å². The molecule has 7 heteroatoms. The maximum atomic E-state index is 12.8. The molecule has 0 aliphatic rings. The summed E-state index contributed by atoms with van der Waals surface area (Å²) in [5.41, 5.74) is 0.431. The topological polar surface area (TPSA) is 83.1 Å². The summed E-state index contributed by atoms with van der Waals surface area (Å²) in [6.07, 6.45) is 3.13. The highest BCUT2D eigenvalue weighted by Crippen LogP contribution is 2.34. The van der Waals surface area contributed by atoms with Crippen molar-refractivity contribution in [2.45, 2.75) is 32.6 Å². The third-order valence-electron chi connectivity index (χ3n) is 4.63. The number of methoxy groups -OCH3 is 3. The van der Waals surface area contributed by atoms with Crippen molar-refractivity contribution < 1.29 is 28.5 Å². The van der Waals surface area contributed by atoms with Gasteiger partial charge in [-0.15, -0.1) is 0 Å². The van der Waals surface area contributed by atoms with Crippen molar-refractivity contribution in [1.29, 1.82) is 0 Å². The van der Waals surface area contributed by atoms with E-state index in [4.69, 9.17) is 18.9 Å². The Morgan fingerprint density at radius 1 is 0.900 bits per heavy atom. The van der Waals surface area contributed by atoms with Gasteiger partial charge in [-0.2, -0.15) is 0 Å². The van der Waals surface area contributed by atoms with E-state index in [0.717, 1.165) is 19.3 Å². The smallest absolute Gasteiger partial charge is 0.318 e. The average molecular weight is 415 g/mol. The molecule has 0 aliphatic carbocycles. The third kappa shape index (κ3) is 6.40. The van der Waals surface area contributed by atoms with Crippen LogP contribution in [0.25, 0.3) is 0 Å². The first-order chi connectivity index (χ1) is 14.5. The highest BCUT2D eigenvalue weighted by Gasteiger charge is 2.28. The molecule has 0 saturated heterocycles. The van der Waals surface area contributed by atoms with E-state index in [1.54, 1.807) is 56.7 Å². The van der Waals surface area contributed by atoms with E-state index in [9.17, 15) is 9.59 Å². The summed E-state index contributed by atoms with van der Waals surface area (Å²) < 4.78 is 21.2. The highest BCUT2D eigenvalue weighted by molar-refractivity contribution is 6.05. The molecule has 1 N–H and O–H groups in total. The molecule has 30 heavy (non-hydrogen) atoms. The molecule has 1 unspecified atom stereocenters. The monoisotopic (exact) mass is 415 g/mol. The molecule has 0 heterocycles. The highest BCUT2D eigenvalue weighted by atomic mass is 16.5. The fourth-order valence-corrected chi connectivity index (χ4v) is 2.90. The van der Waals surface area contributed by atoms with Gasteiger partial charge in [0.1, 0.15) is 23.2 Å². The van der Waals surface area contributed by atoms with E-state index in [2.05, 4.69) is 12.2 Å². The van der Waals surface area contributed by atoms with Gasteiger partial charge in [-0.05, 0) is 42.8 Å². The zero-order valence-corrected chi connectivity index (χ0v) is 17.9. The molecule has 0 saturated carbocycles. The number of unbranched alkanes of at least 4 members (excludes halogenated alkanes) is 2. The summed E-state index contributed by atoms with van der Waals surface area (Å²) in [4.78, 5) is 25.0. The van der Waals surface area contributed by atoms with E-state index >= 15 is 0 Å². The fourth-order valence-electron chi connectivity index (χ4n) is 2.90. The number of esters is 1. The maximum Gasteiger partial charge on any atom is 0.318 e. The van der Waals surface area contributed by atoms with Crippen molar-refractivity contribution in [3.05, 3.63) is 42.5 Å². The minimum Gasteiger partial charge on any atom is -0.497 e. The van der Waals surface area contributed by atoms with Gasteiger partial charge >= 0.3 is 5.97 Å². The molecule has 0 aliphatic heterocycles. The predicted molar refractivity (Wildman–Crippen MR) is 114 cm³/mol. The van der Waals surface area contributed by atoms with Crippen LogP contribution in [0.1, 0.15) is 32.6 Å². The van der Waals surface area contributed by atoms with Crippen LogP contribution in [0, 0.1) is 5.92 Å². The Kier molecular flexibility index (Phi) is 9.00. The molecule has 162 valence electrons. The summed E-state index contributed by atoms with van der Waals surface area (Å²) in [6.45, 7) is 2.06. The largest absolute Gasteiger partial charge is 0.497 e. The van der Waals surface area contributed by atoms with Crippen LogP contribution in [0.3, 0.4) is 0 Å². The molecule has 0 aromatic heterocycles. The Labute approximate surface area is 177 Å². The minimum absolute atomic E-state index is 0.394. The first-order valence-electron chi connectivity index (χ1n) is 9.91. The lowest BCUT2D eigenvalue weighted by Gasteiger charge is -2.17. The summed E-state index contributed by atoms with van der Waals surface area (Å²) >= 11 is 0. The van der Waals surface area contributed by atoms with Gasteiger partial charge in [0.25, 0.3) is 0 Å². The van der Waals surface area contributed by atoms with Gasteiger partial charge in [-0.25, -0.2) is 0 Å². The Morgan fingerprint density at radius 2 is 1.53 bits per heavy atom. The number of nitrogens with one attached hydrogen (secondary N) is 1. The Morgan fingerprint density at radius 3 is 2.13 bits per heavy atom. The number of amides is 1. The van der Waals surface area contributed by atoms with Crippen molar-refractivity contribution in [3.63, 3.8) is 0 Å². The number of hydrogen-bond acceptors (Lipinski definition) is 6. The molecule has 2 rings (SSSR count). The van der Waals surface area contributed by atoms with Gasteiger partial charge in [-0.3, -0.25) is 9.59 Å². The number of hydrogen-bond donors (Lipinski definition) is 1. The maximum absolute atomic E-state index is 12.8. The standard InChI is InChI=1S/C23H29NO6/c1-5-6-7-8-19(23(26)29-4)22(25)24-20-14-13-18(28-3)15-21(20)30-17-11-9-16(27-2)10-12-17/h9-15,19H,5-8H2,1-4H3,(H,24,25). The fraction of sp³-hybridized carbons (Fsp3) is 0.391. The van der Waals surface area contributed by atoms with Gasteiger partial charge in [-0.1, -0.05) is 26.2 Å². The summed E-state index contributed by atoms with van der Waals surface area (Å²) in [7, 11) is 4.42. The van der Waals surface area contributed by atoms with E-state index in [0.29, 0.717) is 35.1 Å². The van der Waals surface area contributed by atoms with Gasteiger partial charge in [0.15, 0.2) is 5.75 Å². The van der Waals surface area contributed by atoms with Crippen molar-refractivity contribution >= 4 is 17.6 Å². The van der Waals surface area contributed by atoms with E-state index in [1.165, 1.54) is 7.11 Å². The van der Waals surface area contributed by atoms with Crippen LogP contribution >= 0.6 is 0 Å². The van der Waals surface area contributed by atoms with E-state index in [-0.39, 0.29) is 0 Å². The first-order valence-corrected chi connectivity index (χ1v) is 9.91. The van der Waals surface area contributed by atoms with Crippen LogP contribution in [-0.2, 0) is 14.3 Å². The molecule has 2 aromatic rings. The Bertz CT molecular complexity index is 834. The van der Waals surface area contributed by atoms with Crippen molar-refractivity contribution in [1.82, 2.24) is 0 Å². The molecular formula is C23H29NO6. The zero-order valence-electron chi connectivity index (χ0n) is 17.9. The molecule has 1 amide bonds. The average Bonchev–Trinajstić information content (AvgIpc) is 2.77. The number of benzene rings is 2. The molecule has 0 radical (unpaired) electrons. The Hall–Kier alpha value is -3.22. The van der Waals surface area contributed by atoms with Crippen molar-refractivity contribution in [2.24, 2.45) is 5.92 Å². The molecule has 2 aromatic carbocycles. The quantitative estimate of drug-likeness (QED) is 0.322. The van der Waals surface area contributed by atoms with Crippen LogP contribution in [0.2, 0.25) is 0 Å². The number of anilines is 1. The number of ether oxygens (including phenoxy) is 4. The molecule has 7 nitrogen and oxygen atoms in total. The zero-order chi connectivity index (χ0) is 21.9. The summed E-state index contributed by atoms with van der Waals surface area (Å²) in [5, 5.41) is 2.80. The lowest BCUT2D eigenvalue weighted by Crippen LogP contribution is -2.30. The molecular weight excluding hydrogens is 386 g/mol. The van der Waals surface area contributed by atoms with Crippen molar-refractivity contribution in [2.75, 3.05) is 26.6 Å². The van der Waals surface area contributed by atoms with E-state index < -0.39 is 17.8 Å². The molecule has 0 fully saturated rings. The van der Waals surface area contributed by atoms with Crippen LogP contribution in [0.15, 0.2) is 42.5 Å². The normalized spacial score (nSPS) is 11.3. The SMILES string of the molecule is CCCCCC(C(=O)Nc1ccc(OC)cc1Oc1ccc(OC)cc1)C(=O)OC. The minimum atomic E-state index is -0.877. The van der Waals surface area contributed by atoms with Crippen LogP contribution in [-0.4, -0.2) is 33.2 Å². The summed E-state index contributed by atoms with van der Waals surface area (Å²) in [6, 6.07) is 12.1. The van der Waals surface area contributed by atoms with Crippen molar-refractivity contribution in [3.8, 4) is 23.0 Å². The van der Waals surface area contributed by atoms with Gasteiger partial charge in [0, 0.05) is 6.07 Å². The van der Waals surface area contributed by atoms with Crippen LogP contribution in [0.4, 0.5) is 5.69 Å². The van der Waals surface area contributed by atoms with Gasteiger partial charge in [0.05, 0.1) is 27.0 Å². The predicted octanol–water partition coefficient (Wildman–Crippen LogP) is 4.80. The lowest BCUT2D eigenvalue weighted by molar-refractivity contribution is -0.149. The number of carbonyl (C=O) groups is 2. The van der Waals surface area contributed by atoms with Crippen LogP contribution < -0.4 is 19.5 Å². The second-order valence-corrected chi connectivity index (χ2v) is 6.70. The number of rotatable bonds is 11. The summed E-state index contributed by atoms with van der Waals surface area (Å²) in [5.74, 6) is 0.380. The first kappa shape index (κ1) is 23.1. The van der Waals surface area contributed by atoms with Gasteiger partial charge in [0.2, 0.25) is 5.91 Å². The number of carbonyl (C=O) groups excluding carboxylic acids is 2.